The third-order valence-corrected chi connectivity index (χ3v) is 10.7. The fraction of sp³-hybridized carbons (Fsp3) is 0.722. The van der Waals surface area contributed by atoms with E-state index in [1.165, 1.54) is 41.9 Å². The molecule has 0 aromatic carbocycles. The van der Waals surface area contributed by atoms with Crippen LogP contribution in [-0.4, -0.2) is 36.3 Å². The monoisotopic (exact) mass is 771 g/mol. The number of nitrogens with zero attached hydrogens (tertiary/aromatic N) is 3. The van der Waals surface area contributed by atoms with Crippen LogP contribution in [0.25, 0.3) is 10.6 Å². The van der Waals surface area contributed by atoms with Crippen LogP contribution in [0.3, 0.4) is 0 Å². The first kappa shape index (κ1) is 26.3. The quantitative estimate of drug-likeness (QED) is 0.269. The molecule has 3 unspecified atom stereocenters. The minimum atomic E-state index is -2.15. The zero-order chi connectivity index (χ0) is 32.9. The average Bonchev–Trinajstić information content (AvgIpc) is 3.63. The maximum atomic E-state index is 8.82. The van der Waals surface area contributed by atoms with Crippen LogP contribution in [-0.2, 0) is 24.8 Å². The van der Waals surface area contributed by atoms with Gasteiger partial charge in [-0.2, -0.15) is 11.6 Å². The number of ether oxygens (including phenoxy) is 1. The summed E-state index contributed by atoms with van der Waals surface area (Å²) in [4.78, 5) is 5.82. The second-order valence-electron chi connectivity index (χ2n) is 13.9. The third-order valence-electron chi connectivity index (χ3n) is 9.38. The summed E-state index contributed by atoms with van der Waals surface area (Å²) in [5, 5.41) is 9.51. The van der Waals surface area contributed by atoms with Crippen molar-refractivity contribution < 1.29 is 31.7 Å². The van der Waals surface area contributed by atoms with Gasteiger partial charge in [-0.05, 0) is 60.4 Å². The van der Waals surface area contributed by atoms with Gasteiger partial charge in [0, 0.05) is 43.8 Å². The van der Waals surface area contributed by atoms with Crippen molar-refractivity contribution >= 4 is 17.5 Å². The SMILES string of the molecule is C[C@H]1CC=C(C2=[C-]CCCC2)[N-]C1.[2H]C([2H])([2H])C1=NC2OC3=C(C4[N-]CC=C5S[C@H](C([2H])([2H])C(C)(C)C)C[C@@H]54)[CH-]CC[C@H]3C2CC1.[Ir]. The summed E-state index contributed by atoms with van der Waals surface area (Å²) in [7, 11) is 0. The van der Waals surface area contributed by atoms with Gasteiger partial charge in [0.1, 0.15) is 0 Å². The van der Waals surface area contributed by atoms with Crippen molar-refractivity contribution in [3.8, 4) is 0 Å². The molecule has 0 amide bonds. The minimum Gasteiger partial charge on any atom is -0.769 e. The molecule has 5 aliphatic heterocycles. The first-order valence-corrected chi connectivity index (χ1v) is 16.9. The van der Waals surface area contributed by atoms with Crippen molar-refractivity contribution in [3.05, 3.63) is 62.8 Å². The molecule has 7 atom stereocenters. The second-order valence-corrected chi connectivity index (χ2v) is 15.2. The molecule has 0 aromatic heterocycles. The molecule has 6 heteroatoms. The van der Waals surface area contributed by atoms with Crippen molar-refractivity contribution in [1.82, 2.24) is 0 Å². The summed E-state index contributed by atoms with van der Waals surface area (Å²) < 4.78 is 47.3. The Morgan fingerprint density at radius 2 is 2.10 bits per heavy atom. The predicted molar refractivity (Wildman–Crippen MR) is 174 cm³/mol. The van der Waals surface area contributed by atoms with Gasteiger partial charge in [-0.3, -0.25) is 11.1 Å². The van der Waals surface area contributed by atoms with Gasteiger partial charge < -0.3 is 21.1 Å². The molecule has 0 N–H and O–H groups in total. The summed E-state index contributed by atoms with van der Waals surface area (Å²) in [5.74, 6) is 2.44. The Morgan fingerprint density at radius 3 is 2.83 bits per heavy atom. The molecule has 2 aliphatic carbocycles. The Hall–Kier alpha value is -0.941. The van der Waals surface area contributed by atoms with Crippen LogP contribution in [0.4, 0.5) is 0 Å². The van der Waals surface area contributed by atoms with E-state index in [0.29, 0.717) is 18.7 Å². The topological polar surface area (TPSA) is 49.8 Å². The molecule has 4 nitrogen and oxygen atoms in total. The number of allylic oxidation sites excluding steroid dienone is 4. The predicted octanol–water partition coefficient (Wildman–Crippen LogP) is 9.86. The van der Waals surface area contributed by atoms with Crippen molar-refractivity contribution in [3.63, 3.8) is 0 Å². The van der Waals surface area contributed by atoms with E-state index >= 15 is 0 Å². The smallest absolute Gasteiger partial charge is 0.171 e. The zero-order valence-corrected chi connectivity index (χ0v) is 29.0. The molecule has 2 fully saturated rings. The maximum absolute atomic E-state index is 8.82. The largest absolute Gasteiger partial charge is 0.769 e. The summed E-state index contributed by atoms with van der Waals surface area (Å²) in [5.41, 5.74) is 3.65. The van der Waals surface area contributed by atoms with Crippen molar-refractivity contribution in [2.24, 2.45) is 34.1 Å². The van der Waals surface area contributed by atoms with Gasteiger partial charge in [-0.25, -0.2) is 12.0 Å². The van der Waals surface area contributed by atoms with Gasteiger partial charge in [0.15, 0.2) is 6.23 Å². The number of hydrogen-bond acceptors (Lipinski definition) is 3. The van der Waals surface area contributed by atoms with E-state index in [-0.39, 0.29) is 49.2 Å². The van der Waals surface area contributed by atoms with Crippen molar-refractivity contribution in [2.75, 3.05) is 13.1 Å². The van der Waals surface area contributed by atoms with Crippen LogP contribution < -0.4 is 0 Å². The number of thioether (sulfide) groups is 1. The molecule has 5 heterocycles. The van der Waals surface area contributed by atoms with Crippen LogP contribution in [0.15, 0.2) is 44.7 Å². The van der Waals surface area contributed by atoms with Gasteiger partial charge in [0.05, 0.1) is 0 Å². The fourth-order valence-electron chi connectivity index (χ4n) is 7.40. The molecule has 7 aliphatic rings. The van der Waals surface area contributed by atoms with Crippen LogP contribution in [0.1, 0.15) is 112 Å². The molecular formula is C36H51IrN3OS-4. The summed E-state index contributed by atoms with van der Waals surface area (Å²) >= 11 is 1.71. The Bertz CT molecular complexity index is 1320. The van der Waals surface area contributed by atoms with E-state index in [9.17, 15) is 0 Å². The molecule has 1 radical (unpaired) electrons. The molecule has 42 heavy (non-hydrogen) atoms. The molecule has 0 aromatic rings. The Labute approximate surface area is 280 Å². The van der Waals surface area contributed by atoms with E-state index in [1.807, 2.05) is 20.8 Å². The Balaban J connectivity index is 0.000000260. The maximum Gasteiger partial charge on any atom is 0.171 e. The normalized spacial score (nSPS) is 38.0. The van der Waals surface area contributed by atoms with Gasteiger partial charge in [0.25, 0.3) is 0 Å². The molecule has 235 valence electrons. The van der Waals surface area contributed by atoms with Crippen LogP contribution in [0, 0.1) is 41.6 Å². The van der Waals surface area contributed by atoms with Crippen LogP contribution in [0.5, 0.6) is 0 Å². The van der Waals surface area contributed by atoms with Gasteiger partial charge >= 0.3 is 0 Å². The van der Waals surface area contributed by atoms with Crippen molar-refractivity contribution in [1.29, 1.82) is 0 Å². The molecule has 2 saturated heterocycles. The molecule has 0 bridgehead atoms. The Kier molecular flexibility index (Phi) is 8.77. The first-order valence-electron chi connectivity index (χ1n) is 18.6. The molecule has 7 rings (SSSR count). The molecule has 0 saturated carbocycles. The van der Waals surface area contributed by atoms with E-state index in [1.54, 1.807) is 11.8 Å². The summed E-state index contributed by atoms with van der Waals surface area (Å²) in [6.07, 6.45) is 18.8. The van der Waals surface area contributed by atoms with E-state index in [2.05, 4.69) is 41.9 Å². The van der Waals surface area contributed by atoms with Crippen LogP contribution in [0.2, 0.25) is 0 Å². The number of rotatable bonds is 3. The summed E-state index contributed by atoms with van der Waals surface area (Å²) in [6, 6.07) is -0.0118. The fourth-order valence-corrected chi connectivity index (χ4v) is 9.01. The van der Waals surface area contributed by atoms with Crippen molar-refractivity contribution in [2.45, 2.75) is 123 Å². The first-order chi connectivity index (χ1) is 21.7. The van der Waals surface area contributed by atoms with E-state index in [4.69, 9.17) is 16.9 Å². The minimum absolute atomic E-state index is 0. The van der Waals surface area contributed by atoms with Crippen LogP contribution >= 0.6 is 11.8 Å². The van der Waals surface area contributed by atoms with E-state index < -0.39 is 24.9 Å². The second kappa shape index (κ2) is 14.0. The Morgan fingerprint density at radius 1 is 1.21 bits per heavy atom. The van der Waals surface area contributed by atoms with Gasteiger partial charge in [-0.1, -0.05) is 71.8 Å². The third kappa shape index (κ3) is 7.46. The average molecular weight is 771 g/mol. The standard InChI is InChI=1S/C24H34N2OS.C12H17N.Ir/c1-14-8-9-17-16-6-5-7-18(22(16)27-23(17)26-14)21-19-12-15(13-24(2,3)4)28-20(19)10-11-25-21;1-10-7-8-12(13-9-10)11-5-3-2-4-6-11;/h7,10,15-17,19,21,23H,5-6,8-9,11-13H2,1-4H3;8,10H,2-5,7,9H2,1H3;/q2*-2;/t15-,16-,17?,19-,21?,23?;10-;/m00./s1/i1D3,13D2;;. The number of fused-ring (bicyclic) bond motifs is 4. The summed E-state index contributed by atoms with van der Waals surface area (Å²) in [6.45, 7) is 7.73. The number of aliphatic imine (C=N–C) groups is 1. The number of hydrogen-bond donors (Lipinski definition) is 0. The zero-order valence-electron chi connectivity index (χ0n) is 30.8. The molecular weight excluding hydrogens is 715 g/mol. The van der Waals surface area contributed by atoms with Gasteiger partial charge in [0.2, 0.25) is 0 Å². The molecule has 0 spiro atoms. The van der Waals surface area contributed by atoms with Gasteiger partial charge in [-0.15, -0.1) is 43.7 Å². The van der Waals surface area contributed by atoms with E-state index in [0.717, 1.165) is 55.9 Å².